The van der Waals surface area contributed by atoms with Gasteiger partial charge in [-0.1, -0.05) is 30.3 Å². The number of benzene rings is 2. The highest BCUT2D eigenvalue weighted by Crippen LogP contribution is 2.18. The van der Waals surface area contributed by atoms with E-state index in [4.69, 9.17) is 4.74 Å². The van der Waals surface area contributed by atoms with Crippen LogP contribution in [0.15, 0.2) is 42.5 Å². The molecule has 0 atom stereocenters. The first kappa shape index (κ1) is 12.4. The Hall–Kier alpha value is -2.07. The quantitative estimate of drug-likeness (QED) is 0.812. The molecule has 0 radical (unpaired) electrons. The normalized spacial score (nSPS) is 10.3. The summed E-state index contributed by atoms with van der Waals surface area (Å²) in [6.45, 7) is 1.00. The van der Waals surface area contributed by atoms with Gasteiger partial charge in [0.15, 0.2) is 0 Å². The molecule has 0 fully saturated rings. The minimum absolute atomic E-state index is 0.220. The Morgan fingerprint density at radius 1 is 1.17 bits per heavy atom. The molecule has 2 N–H and O–H groups in total. The zero-order chi connectivity index (χ0) is 12.8. The van der Waals surface area contributed by atoms with Gasteiger partial charge < -0.3 is 15.4 Å². The van der Waals surface area contributed by atoms with Crippen LogP contribution in [-0.2, 0) is 4.74 Å². The van der Waals surface area contributed by atoms with Crippen LogP contribution in [0.25, 0.3) is 10.8 Å². The number of urea groups is 1. The number of fused-ring (bicyclic) bond motifs is 1. The molecule has 2 aromatic rings. The highest BCUT2D eigenvalue weighted by Gasteiger charge is 2.01. The molecule has 0 spiro atoms. The van der Waals surface area contributed by atoms with Crippen molar-refractivity contribution in [2.45, 2.75) is 0 Å². The monoisotopic (exact) mass is 244 g/mol. The van der Waals surface area contributed by atoms with Crippen LogP contribution in [0, 0.1) is 0 Å². The van der Waals surface area contributed by atoms with Gasteiger partial charge in [-0.3, -0.25) is 0 Å². The summed E-state index contributed by atoms with van der Waals surface area (Å²) in [6.07, 6.45) is 0. The Balaban J connectivity index is 2.01. The second-order valence-electron chi connectivity index (χ2n) is 3.94. The topological polar surface area (TPSA) is 50.4 Å². The number of rotatable bonds is 4. The van der Waals surface area contributed by atoms with Crippen LogP contribution in [-0.4, -0.2) is 26.3 Å². The van der Waals surface area contributed by atoms with E-state index in [0.29, 0.717) is 13.2 Å². The molecule has 2 aromatic carbocycles. The van der Waals surface area contributed by atoms with Gasteiger partial charge in [0.1, 0.15) is 0 Å². The van der Waals surface area contributed by atoms with Crippen molar-refractivity contribution in [1.82, 2.24) is 5.32 Å². The highest BCUT2D eigenvalue weighted by molar-refractivity contribution is 5.93. The van der Waals surface area contributed by atoms with Crippen molar-refractivity contribution in [3.63, 3.8) is 0 Å². The summed E-state index contributed by atoms with van der Waals surface area (Å²) >= 11 is 0. The molecule has 0 unspecified atom stereocenters. The maximum absolute atomic E-state index is 11.5. The molecule has 94 valence electrons. The van der Waals surface area contributed by atoms with E-state index in [-0.39, 0.29) is 6.03 Å². The molecule has 4 nitrogen and oxygen atoms in total. The van der Waals surface area contributed by atoms with Crippen molar-refractivity contribution in [1.29, 1.82) is 0 Å². The van der Waals surface area contributed by atoms with Crippen LogP contribution in [0.3, 0.4) is 0 Å². The molecule has 0 aliphatic heterocycles. The lowest BCUT2D eigenvalue weighted by molar-refractivity contribution is 0.198. The fourth-order valence-corrected chi connectivity index (χ4v) is 1.71. The van der Waals surface area contributed by atoms with Crippen molar-refractivity contribution in [2.24, 2.45) is 0 Å². The second-order valence-corrected chi connectivity index (χ2v) is 3.94. The summed E-state index contributed by atoms with van der Waals surface area (Å²) in [4.78, 5) is 11.5. The number of methoxy groups -OCH3 is 1. The number of carbonyl (C=O) groups excluding carboxylic acids is 1. The fourth-order valence-electron chi connectivity index (χ4n) is 1.71. The van der Waals surface area contributed by atoms with Crippen molar-refractivity contribution in [3.8, 4) is 0 Å². The average Bonchev–Trinajstić information content (AvgIpc) is 2.39. The molecule has 0 bridgehead atoms. The molecule has 0 aromatic heterocycles. The average molecular weight is 244 g/mol. The van der Waals surface area contributed by atoms with Gasteiger partial charge in [0.05, 0.1) is 6.61 Å². The Morgan fingerprint density at radius 2 is 1.94 bits per heavy atom. The summed E-state index contributed by atoms with van der Waals surface area (Å²) in [5.74, 6) is 0. The van der Waals surface area contributed by atoms with Gasteiger partial charge in [-0.15, -0.1) is 0 Å². The molecular formula is C14H16N2O2. The lowest BCUT2D eigenvalue weighted by Gasteiger charge is -2.08. The number of ether oxygens (including phenoxy) is 1. The molecule has 0 saturated carbocycles. The van der Waals surface area contributed by atoms with E-state index in [1.54, 1.807) is 7.11 Å². The summed E-state index contributed by atoms with van der Waals surface area (Å²) in [6, 6.07) is 13.6. The smallest absolute Gasteiger partial charge is 0.319 e. The first-order chi connectivity index (χ1) is 8.79. The van der Waals surface area contributed by atoms with Crippen LogP contribution in [0.4, 0.5) is 10.5 Å². The predicted octanol–water partition coefficient (Wildman–Crippen LogP) is 2.61. The molecule has 2 amide bonds. The third-order valence-electron chi connectivity index (χ3n) is 2.60. The van der Waals surface area contributed by atoms with E-state index in [9.17, 15) is 4.79 Å². The third-order valence-corrected chi connectivity index (χ3v) is 2.60. The lowest BCUT2D eigenvalue weighted by atomic mass is 10.1. The van der Waals surface area contributed by atoms with Crippen molar-refractivity contribution < 1.29 is 9.53 Å². The number of amides is 2. The second kappa shape index (κ2) is 6.02. The first-order valence-electron chi connectivity index (χ1n) is 5.82. The van der Waals surface area contributed by atoms with Gasteiger partial charge in [0.25, 0.3) is 0 Å². The molecular weight excluding hydrogens is 228 g/mol. The van der Waals surface area contributed by atoms with Crippen LogP contribution in [0.2, 0.25) is 0 Å². The Kier molecular flexibility index (Phi) is 4.15. The number of hydrogen-bond donors (Lipinski definition) is 2. The van der Waals surface area contributed by atoms with E-state index in [1.165, 1.54) is 0 Å². The Bertz CT molecular complexity index is 540. The fraction of sp³-hybridized carbons (Fsp3) is 0.214. The largest absolute Gasteiger partial charge is 0.383 e. The van der Waals surface area contributed by atoms with E-state index >= 15 is 0 Å². The molecule has 2 rings (SSSR count). The summed E-state index contributed by atoms with van der Waals surface area (Å²) < 4.78 is 4.86. The minimum atomic E-state index is -0.220. The standard InChI is InChI=1S/C14H16N2O2/c1-18-9-8-15-14(17)16-13-7-6-11-4-2-3-5-12(11)10-13/h2-7,10H,8-9H2,1H3,(H2,15,16,17). The maximum atomic E-state index is 11.5. The van der Waals surface area contributed by atoms with Crippen molar-refractivity contribution >= 4 is 22.5 Å². The van der Waals surface area contributed by atoms with Crippen LogP contribution in [0.1, 0.15) is 0 Å². The molecule has 18 heavy (non-hydrogen) atoms. The summed E-state index contributed by atoms with van der Waals surface area (Å²) in [5, 5.41) is 7.75. The third kappa shape index (κ3) is 3.21. The van der Waals surface area contributed by atoms with Crippen molar-refractivity contribution in [2.75, 3.05) is 25.6 Å². The zero-order valence-electron chi connectivity index (χ0n) is 10.3. The highest BCUT2D eigenvalue weighted by atomic mass is 16.5. The van der Waals surface area contributed by atoms with E-state index in [1.807, 2.05) is 42.5 Å². The zero-order valence-corrected chi connectivity index (χ0v) is 10.3. The Morgan fingerprint density at radius 3 is 2.72 bits per heavy atom. The van der Waals surface area contributed by atoms with E-state index < -0.39 is 0 Å². The maximum Gasteiger partial charge on any atom is 0.319 e. The molecule has 0 saturated heterocycles. The van der Waals surface area contributed by atoms with Gasteiger partial charge in [-0.2, -0.15) is 0 Å². The van der Waals surface area contributed by atoms with Crippen LogP contribution < -0.4 is 10.6 Å². The van der Waals surface area contributed by atoms with Gasteiger partial charge >= 0.3 is 6.03 Å². The number of nitrogens with one attached hydrogen (secondary N) is 2. The predicted molar refractivity (Wildman–Crippen MR) is 72.8 cm³/mol. The lowest BCUT2D eigenvalue weighted by Crippen LogP contribution is -2.31. The minimum Gasteiger partial charge on any atom is -0.383 e. The van der Waals surface area contributed by atoms with E-state index in [2.05, 4.69) is 10.6 Å². The van der Waals surface area contributed by atoms with Gasteiger partial charge in [-0.05, 0) is 22.9 Å². The number of hydrogen-bond acceptors (Lipinski definition) is 2. The number of anilines is 1. The molecule has 0 aliphatic rings. The summed E-state index contributed by atoms with van der Waals surface area (Å²) in [7, 11) is 1.60. The molecule has 0 aliphatic carbocycles. The number of carbonyl (C=O) groups is 1. The molecule has 0 heterocycles. The molecule has 4 heteroatoms. The van der Waals surface area contributed by atoms with Crippen molar-refractivity contribution in [3.05, 3.63) is 42.5 Å². The summed E-state index contributed by atoms with van der Waals surface area (Å²) in [5.41, 5.74) is 0.781. The van der Waals surface area contributed by atoms with Gasteiger partial charge in [0, 0.05) is 19.3 Å². The SMILES string of the molecule is COCCNC(=O)Nc1ccc2ccccc2c1. The van der Waals surface area contributed by atoms with Gasteiger partial charge in [-0.25, -0.2) is 4.79 Å². The van der Waals surface area contributed by atoms with Crippen LogP contribution in [0.5, 0.6) is 0 Å². The first-order valence-corrected chi connectivity index (χ1v) is 5.82. The van der Waals surface area contributed by atoms with E-state index in [0.717, 1.165) is 16.5 Å². The Labute approximate surface area is 106 Å². The van der Waals surface area contributed by atoms with Gasteiger partial charge in [0.2, 0.25) is 0 Å². The van der Waals surface area contributed by atoms with Crippen LogP contribution >= 0.6 is 0 Å².